The fraction of sp³-hybridized carbons (Fsp3) is 0.692. The normalized spacial score (nSPS) is 13.2. The molecule has 0 saturated carbocycles. The van der Waals surface area contributed by atoms with Crippen molar-refractivity contribution in [1.29, 1.82) is 0 Å². The van der Waals surface area contributed by atoms with Crippen LogP contribution in [-0.2, 0) is 9.47 Å². The molecule has 0 aromatic carbocycles. The highest BCUT2D eigenvalue weighted by Gasteiger charge is 2.29. The van der Waals surface area contributed by atoms with Gasteiger partial charge in [-0.1, -0.05) is 26.7 Å². The van der Waals surface area contributed by atoms with Gasteiger partial charge >= 0.3 is 12.2 Å². The Labute approximate surface area is 114 Å². The lowest BCUT2D eigenvalue weighted by Gasteiger charge is -2.29. The third-order valence-electron chi connectivity index (χ3n) is 2.35. The van der Waals surface area contributed by atoms with E-state index >= 15 is 0 Å². The van der Waals surface area contributed by atoms with Crippen molar-refractivity contribution in [2.24, 2.45) is 17.1 Å². The number of nitrogens with one attached hydrogen (secondary N) is 1. The molecule has 108 valence electrons. The molecule has 0 fully saturated rings. The molecule has 2 amide bonds. The number of ether oxygens (including phenoxy) is 2. The molecule has 0 aromatic rings. The molecule has 0 rings (SSSR count). The molecule has 0 aliphatic heterocycles. The number of primary amides is 1. The maximum Gasteiger partial charge on any atom is 0.407 e. The highest BCUT2D eigenvalue weighted by Crippen LogP contribution is 2.27. The van der Waals surface area contributed by atoms with Gasteiger partial charge < -0.3 is 20.5 Å². The topological polar surface area (TPSA) is 90.7 Å². The average molecular weight is 270 g/mol. The molecule has 3 N–H and O–H groups in total. The molecule has 0 aliphatic rings. The largest absolute Gasteiger partial charge is 0.449 e. The molecule has 0 saturated heterocycles. The molecule has 1 atom stereocenters. The van der Waals surface area contributed by atoms with Gasteiger partial charge in [-0.05, 0) is 12.3 Å². The Hall–Kier alpha value is -1.90. The van der Waals surface area contributed by atoms with E-state index in [1.165, 1.54) is 0 Å². The van der Waals surface area contributed by atoms with Crippen LogP contribution in [0.2, 0.25) is 0 Å². The maximum absolute atomic E-state index is 11.3. The Morgan fingerprint density at radius 2 is 1.95 bits per heavy atom. The van der Waals surface area contributed by atoms with Crippen molar-refractivity contribution < 1.29 is 19.1 Å². The SMILES string of the molecule is C#CCNC(=O)OCC(C)(COC(N)=O)CC(C)C. The van der Waals surface area contributed by atoms with Crippen LogP contribution in [0.4, 0.5) is 9.59 Å². The number of hydrogen-bond acceptors (Lipinski definition) is 4. The van der Waals surface area contributed by atoms with E-state index in [0.717, 1.165) is 6.42 Å². The number of alkyl carbamates (subject to hydrolysis) is 1. The summed E-state index contributed by atoms with van der Waals surface area (Å²) in [4.78, 5) is 22.0. The van der Waals surface area contributed by atoms with Crippen LogP contribution in [0, 0.1) is 23.7 Å². The zero-order valence-corrected chi connectivity index (χ0v) is 11.7. The summed E-state index contributed by atoms with van der Waals surface area (Å²) >= 11 is 0. The van der Waals surface area contributed by atoms with Crippen molar-refractivity contribution in [1.82, 2.24) is 5.32 Å². The number of nitrogens with two attached hydrogens (primary N) is 1. The predicted octanol–water partition coefficient (Wildman–Crippen LogP) is 1.49. The molecular formula is C13H22N2O4. The van der Waals surface area contributed by atoms with Gasteiger partial charge in [0.15, 0.2) is 0 Å². The van der Waals surface area contributed by atoms with E-state index in [1.54, 1.807) is 0 Å². The first-order valence-corrected chi connectivity index (χ1v) is 6.05. The van der Waals surface area contributed by atoms with Crippen LogP contribution in [-0.4, -0.2) is 31.9 Å². The number of terminal acetylenes is 1. The van der Waals surface area contributed by atoms with Gasteiger partial charge in [-0.2, -0.15) is 0 Å². The molecular weight excluding hydrogens is 248 g/mol. The van der Waals surface area contributed by atoms with Crippen molar-refractivity contribution >= 4 is 12.2 Å². The molecule has 0 spiro atoms. The van der Waals surface area contributed by atoms with Gasteiger partial charge in [0.1, 0.15) is 13.2 Å². The molecule has 6 heteroatoms. The Balaban J connectivity index is 4.37. The first-order valence-electron chi connectivity index (χ1n) is 6.05. The summed E-state index contributed by atoms with van der Waals surface area (Å²) in [5, 5.41) is 2.39. The standard InChI is InChI=1S/C13H22N2O4/c1-5-6-15-12(17)19-9-13(4,7-10(2)3)8-18-11(14)16/h1,10H,6-9H2,2-4H3,(H2,14,16)(H,15,17). The van der Waals surface area contributed by atoms with Crippen LogP contribution >= 0.6 is 0 Å². The van der Waals surface area contributed by atoms with Gasteiger partial charge in [0.25, 0.3) is 0 Å². The molecule has 6 nitrogen and oxygen atoms in total. The number of amides is 2. The van der Waals surface area contributed by atoms with E-state index in [1.807, 2.05) is 20.8 Å². The summed E-state index contributed by atoms with van der Waals surface area (Å²) in [6, 6.07) is 0. The van der Waals surface area contributed by atoms with E-state index in [-0.39, 0.29) is 19.8 Å². The summed E-state index contributed by atoms with van der Waals surface area (Å²) in [6.07, 6.45) is 4.31. The van der Waals surface area contributed by atoms with Crippen molar-refractivity contribution in [3.63, 3.8) is 0 Å². The van der Waals surface area contributed by atoms with Gasteiger partial charge in [-0.3, -0.25) is 0 Å². The third-order valence-corrected chi connectivity index (χ3v) is 2.35. The zero-order chi connectivity index (χ0) is 14.9. The Morgan fingerprint density at radius 3 is 2.42 bits per heavy atom. The van der Waals surface area contributed by atoms with E-state index in [2.05, 4.69) is 11.2 Å². The second-order valence-corrected chi connectivity index (χ2v) is 5.15. The van der Waals surface area contributed by atoms with Crippen molar-refractivity contribution in [2.45, 2.75) is 27.2 Å². The highest BCUT2D eigenvalue weighted by atomic mass is 16.6. The number of carbonyl (C=O) groups excluding carboxylic acids is 2. The van der Waals surface area contributed by atoms with E-state index in [9.17, 15) is 9.59 Å². The first kappa shape index (κ1) is 17.1. The Morgan fingerprint density at radius 1 is 1.37 bits per heavy atom. The third kappa shape index (κ3) is 8.77. The van der Waals surface area contributed by atoms with E-state index in [0.29, 0.717) is 5.92 Å². The second kappa shape index (κ2) is 8.25. The summed E-state index contributed by atoms with van der Waals surface area (Å²) in [5.74, 6) is 2.63. The Bertz CT molecular complexity index is 349. The molecule has 0 bridgehead atoms. The van der Waals surface area contributed by atoms with Crippen molar-refractivity contribution in [3.8, 4) is 12.3 Å². The maximum atomic E-state index is 11.3. The van der Waals surface area contributed by atoms with E-state index < -0.39 is 17.6 Å². The quantitative estimate of drug-likeness (QED) is 0.686. The van der Waals surface area contributed by atoms with Crippen molar-refractivity contribution in [3.05, 3.63) is 0 Å². The minimum Gasteiger partial charge on any atom is -0.449 e. The highest BCUT2D eigenvalue weighted by molar-refractivity contribution is 5.67. The predicted molar refractivity (Wildman–Crippen MR) is 71.3 cm³/mol. The summed E-state index contributed by atoms with van der Waals surface area (Å²) < 4.78 is 9.88. The summed E-state index contributed by atoms with van der Waals surface area (Å²) in [7, 11) is 0. The number of carbonyl (C=O) groups is 2. The van der Waals surface area contributed by atoms with E-state index in [4.69, 9.17) is 21.6 Å². The molecule has 0 radical (unpaired) electrons. The second-order valence-electron chi connectivity index (χ2n) is 5.15. The number of hydrogen-bond donors (Lipinski definition) is 2. The number of rotatable bonds is 7. The summed E-state index contributed by atoms with van der Waals surface area (Å²) in [5.41, 5.74) is 4.47. The molecule has 0 aromatic heterocycles. The van der Waals surface area contributed by atoms with Gasteiger partial charge in [0, 0.05) is 5.41 Å². The molecule has 0 aliphatic carbocycles. The lowest BCUT2D eigenvalue weighted by molar-refractivity contribution is 0.0273. The van der Waals surface area contributed by atoms with Crippen LogP contribution in [0.3, 0.4) is 0 Å². The minimum atomic E-state index is -0.841. The van der Waals surface area contributed by atoms with Crippen LogP contribution in [0.15, 0.2) is 0 Å². The monoisotopic (exact) mass is 270 g/mol. The van der Waals surface area contributed by atoms with Gasteiger partial charge in [0.2, 0.25) is 0 Å². The zero-order valence-electron chi connectivity index (χ0n) is 11.7. The molecule has 1 unspecified atom stereocenters. The lowest BCUT2D eigenvalue weighted by atomic mass is 9.83. The first-order chi connectivity index (χ1) is 8.79. The fourth-order valence-corrected chi connectivity index (χ4v) is 1.80. The molecule has 0 heterocycles. The van der Waals surface area contributed by atoms with Gasteiger partial charge in [-0.15, -0.1) is 6.42 Å². The fourth-order valence-electron chi connectivity index (χ4n) is 1.80. The van der Waals surface area contributed by atoms with Crippen LogP contribution in [0.1, 0.15) is 27.2 Å². The van der Waals surface area contributed by atoms with Gasteiger partial charge in [-0.25, -0.2) is 9.59 Å². The smallest absolute Gasteiger partial charge is 0.407 e. The summed E-state index contributed by atoms with van der Waals surface area (Å²) in [6.45, 7) is 6.25. The lowest BCUT2D eigenvalue weighted by Crippen LogP contribution is -2.36. The Kier molecular flexibility index (Phi) is 7.42. The van der Waals surface area contributed by atoms with Crippen LogP contribution < -0.4 is 11.1 Å². The average Bonchev–Trinajstić information content (AvgIpc) is 2.31. The van der Waals surface area contributed by atoms with Gasteiger partial charge in [0.05, 0.1) is 6.54 Å². The van der Waals surface area contributed by atoms with Crippen molar-refractivity contribution in [2.75, 3.05) is 19.8 Å². The van der Waals surface area contributed by atoms with Crippen LogP contribution in [0.5, 0.6) is 0 Å². The molecule has 19 heavy (non-hydrogen) atoms. The minimum absolute atomic E-state index is 0.100. The van der Waals surface area contributed by atoms with Crippen LogP contribution in [0.25, 0.3) is 0 Å².